The van der Waals surface area contributed by atoms with Crippen molar-refractivity contribution in [2.24, 2.45) is 0 Å². The standard InChI is InChI=1S/C9H5BrO2/c10-7-2-1-6-3-4-12-9(11)8(6)5-7/h1-5H. The Morgan fingerprint density at radius 1 is 1.25 bits per heavy atom. The van der Waals surface area contributed by atoms with E-state index in [9.17, 15) is 4.79 Å². The lowest BCUT2D eigenvalue weighted by molar-refractivity contribution is 0.519. The smallest absolute Gasteiger partial charge is 0.343 e. The van der Waals surface area contributed by atoms with E-state index in [0.717, 1.165) is 9.86 Å². The van der Waals surface area contributed by atoms with Crippen LogP contribution >= 0.6 is 15.9 Å². The number of halogens is 1. The predicted molar refractivity (Wildman–Crippen MR) is 50.2 cm³/mol. The van der Waals surface area contributed by atoms with Crippen LogP contribution in [-0.4, -0.2) is 0 Å². The highest BCUT2D eigenvalue weighted by atomic mass is 79.9. The van der Waals surface area contributed by atoms with Crippen molar-refractivity contribution >= 4 is 26.7 Å². The van der Waals surface area contributed by atoms with Gasteiger partial charge in [-0.3, -0.25) is 0 Å². The number of fused-ring (bicyclic) bond motifs is 1. The minimum atomic E-state index is -0.297. The maximum absolute atomic E-state index is 11.1. The summed E-state index contributed by atoms with van der Waals surface area (Å²) in [6, 6.07) is 7.28. The Hall–Kier alpha value is -1.09. The van der Waals surface area contributed by atoms with Gasteiger partial charge in [0.2, 0.25) is 0 Å². The van der Waals surface area contributed by atoms with Gasteiger partial charge < -0.3 is 4.42 Å². The summed E-state index contributed by atoms with van der Waals surface area (Å²) in [4.78, 5) is 11.1. The first-order valence-electron chi connectivity index (χ1n) is 3.44. The molecule has 0 amide bonds. The summed E-state index contributed by atoms with van der Waals surface area (Å²) in [6.07, 6.45) is 1.40. The third-order valence-corrected chi connectivity index (χ3v) is 2.15. The van der Waals surface area contributed by atoms with Crippen molar-refractivity contribution in [3.05, 3.63) is 45.4 Å². The summed E-state index contributed by atoms with van der Waals surface area (Å²) in [5, 5.41) is 1.50. The van der Waals surface area contributed by atoms with Crippen molar-refractivity contribution in [1.29, 1.82) is 0 Å². The maximum atomic E-state index is 11.1. The van der Waals surface area contributed by atoms with Crippen LogP contribution < -0.4 is 5.63 Å². The first-order valence-corrected chi connectivity index (χ1v) is 4.24. The molecule has 0 aliphatic heterocycles. The molecule has 2 aromatic rings. The Bertz CT molecular complexity index is 473. The highest BCUT2D eigenvalue weighted by molar-refractivity contribution is 9.10. The van der Waals surface area contributed by atoms with Gasteiger partial charge in [-0.15, -0.1) is 0 Å². The molecule has 0 N–H and O–H groups in total. The van der Waals surface area contributed by atoms with E-state index in [2.05, 4.69) is 15.9 Å². The molecule has 3 heteroatoms. The van der Waals surface area contributed by atoms with E-state index in [0.29, 0.717) is 5.39 Å². The van der Waals surface area contributed by atoms with Gasteiger partial charge in [-0.1, -0.05) is 22.0 Å². The molecule has 0 aliphatic carbocycles. The van der Waals surface area contributed by atoms with Crippen LogP contribution in [0.15, 0.2) is 44.2 Å². The van der Waals surface area contributed by atoms with E-state index in [1.165, 1.54) is 6.26 Å². The Kier molecular flexibility index (Phi) is 1.73. The Labute approximate surface area is 76.9 Å². The zero-order chi connectivity index (χ0) is 8.55. The molecule has 0 spiro atoms. The number of rotatable bonds is 0. The first kappa shape index (κ1) is 7.55. The van der Waals surface area contributed by atoms with Gasteiger partial charge in [-0.2, -0.15) is 0 Å². The van der Waals surface area contributed by atoms with Crippen LogP contribution in [0.4, 0.5) is 0 Å². The van der Waals surface area contributed by atoms with Gasteiger partial charge in [0.1, 0.15) is 0 Å². The van der Waals surface area contributed by atoms with Crippen LogP contribution in [0.1, 0.15) is 0 Å². The monoisotopic (exact) mass is 224 g/mol. The van der Waals surface area contributed by atoms with Gasteiger partial charge in [0.25, 0.3) is 0 Å². The van der Waals surface area contributed by atoms with Crippen LogP contribution in [0.3, 0.4) is 0 Å². The lowest BCUT2D eigenvalue weighted by Crippen LogP contribution is -1.97. The first-order chi connectivity index (χ1) is 5.77. The van der Waals surface area contributed by atoms with Gasteiger partial charge in [0, 0.05) is 4.47 Å². The quantitative estimate of drug-likeness (QED) is 0.689. The molecule has 12 heavy (non-hydrogen) atoms. The molecule has 0 unspecified atom stereocenters. The number of benzene rings is 1. The molecule has 0 saturated heterocycles. The van der Waals surface area contributed by atoms with E-state index in [-0.39, 0.29) is 5.63 Å². The molecule has 2 nitrogen and oxygen atoms in total. The van der Waals surface area contributed by atoms with Gasteiger partial charge in [0.15, 0.2) is 0 Å². The van der Waals surface area contributed by atoms with Crippen molar-refractivity contribution in [3.63, 3.8) is 0 Å². The minimum Gasteiger partial charge on any atom is -0.431 e. The Morgan fingerprint density at radius 3 is 2.92 bits per heavy atom. The topological polar surface area (TPSA) is 30.2 Å². The summed E-state index contributed by atoms with van der Waals surface area (Å²) in [6.45, 7) is 0. The van der Waals surface area contributed by atoms with Gasteiger partial charge in [-0.25, -0.2) is 4.79 Å². The van der Waals surface area contributed by atoms with Crippen molar-refractivity contribution in [3.8, 4) is 0 Å². The molecule has 1 aromatic carbocycles. The molecule has 0 radical (unpaired) electrons. The number of hydrogen-bond donors (Lipinski definition) is 0. The van der Waals surface area contributed by atoms with Crippen molar-refractivity contribution in [2.45, 2.75) is 0 Å². The molecule has 1 heterocycles. The zero-order valence-electron chi connectivity index (χ0n) is 6.08. The Morgan fingerprint density at radius 2 is 2.08 bits per heavy atom. The van der Waals surface area contributed by atoms with Gasteiger partial charge in [-0.05, 0) is 23.6 Å². The molecule has 0 saturated carbocycles. The molecule has 0 bridgehead atoms. The fourth-order valence-corrected chi connectivity index (χ4v) is 1.44. The SMILES string of the molecule is O=c1occc2ccc(Br)cc12. The summed E-state index contributed by atoms with van der Waals surface area (Å²) < 4.78 is 5.60. The summed E-state index contributed by atoms with van der Waals surface area (Å²) >= 11 is 3.29. The Balaban J connectivity index is 2.98. The molecule has 2 rings (SSSR count). The average Bonchev–Trinajstić information content (AvgIpc) is 2.07. The maximum Gasteiger partial charge on any atom is 0.343 e. The third-order valence-electron chi connectivity index (χ3n) is 1.66. The predicted octanol–water partition coefficient (Wildman–Crippen LogP) is 2.56. The fourth-order valence-electron chi connectivity index (χ4n) is 1.08. The second-order valence-corrected chi connectivity index (χ2v) is 3.36. The lowest BCUT2D eigenvalue weighted by atomic mass is 10.2. The van der Waals surface area contributed by atoms with Gasteiger partial charge in [0.05, 0.1) is 11.6 Å². The van der Waals surface area contributed by atoms with Crippen molar-refractivity contribution < 1.29 is 4.42 Å². The largest absolute Gasteiger partial charge is 0.431 e. The molecule has 0 aliphatic rings. The molecule has 0 fully saturated rings. The van der Waals surface area contributed by atoms with Crippen LogP contribution in [0, 0.1) is 0 Å². The molecular weight excluding hydrogens is 220 g/mol. The second-order valence-electron chi connectivity index (χ2n) is 2.44. The summed E-state index contributed by atoms with van der Waals surface area (Å²) in [7, 11) is 0. The minimum absolute atomic E-state index is 0.297. The van der Waals surface area contributed by atoms with E-state index in [1.54, 1.807) is 12.1 Å². The molecule has 60 valence electrons. The number of hydrogen-bond acceptors (Lipinski definition) is 2. The van der Waals surface area contributed by atoms with Crippen LogP contribution in [0.5, 0.6) is 0 Å². The molecule has 1 aromatic heterocycles. The van der Waals surface area contributed by atoms with Gasteiger partial charge >= 0.3 is 5.63 Å². The third kappa shape index (κ3) is 1.16. The normalized spacial score (nSPS) is 10.4. The van der Waals surface area contributed by atoms with E-state index < -0.39 is 0 Å². The van der Waals surface area contributed by atoms with Crippen LogP contribution in [0.25, 0.3) is 10.8 Å². The molecular formula is C9H5BrO2. The lowest BCUT2D eigenvalue weighted by Gasteiger charge is -1.94. The van der Waals surface area contributed by atoms with Crippen molar-refractivity contribution in [2.75, 3.05) is 0 Å². The van der Waals surface area contributed by atoms with Crippen LogP contribution in [0.2, 0.25) is 0 Å². The van der Waals surface area contributed by atoms with Crippen molar-refractivity contribution in [1.82, 2.24) is 0 Å². The average molecular weight is 225 g/mol. The zero-order valence-corrected chi connectivity index (χ0v) is 7.67. The van der Waals surface area contributed by atoms with Crippen LogP contribution in [-0.2, 0) is 0 Å². The highest BCUT2D eigenvalue weighted by Crippen LogP contribution is 2.16. The fraction of sp³-hybridized carbons (Fsp3) is 0. The van der Waals surface area contributed by atoms with E-state index in [1.807, 2.05) is 12.1 Å². The summed E-state index contributed by atoms with van der Waals surface area (Å²) in [5.74, 6) is 0. The molecule has 0 atom stereocenters. The highest BCUT2D eigenvalue weighted by Gasteiger charge is 1.98. The second kappa shape index (κ2) is 2.75. The van der Waals surface area contributed by atoms with E-state index >= 15 is 0 Å². The summed E-state index contributed by atoms with van der Waals surface area (Å²) in [5.41, 5.74) is -0.297. The van der Waals surface area contributed by atoms with E-state index in [4.69, 9.17) is 4.42 Å².